The zero-order valence-corrected chi connectivity index (χ0v) is 11.0. The molecular weight excluding hydrogens is 254 g/mol. The summed E-state index contributed by atoms with van der Waals surface area (Å²) in [4.78, 5) is 3.93. The van der Waals surface area contributed by atoms with Crippen LogP contribution >= 0.6 is 0 Å². The molecule has 18 heavy (non-hydrogen) atoms. The lowest BCUT2D eigenvalue weighted by molar-refractivity contribution is 0.133. The van der Waals surface area contributed by atoms with Gasteiger partial charge in [0.25, 0.3) is 0 Å². The Morgan fingerprint density at radius 1 is 1.61 bits per heavy atom. The van der Waals surface area contributed by atoms with Crippen LogP contribution in [0.4, 0.5) is 5.82 Å². The summed E-state index contributed by atoms with van der Waals surface area (Å²) in [7, 11) is -3.53. The average molecular weight is 271 g/mol. The van der Waals surface area contributed by atoms with Gasteiger partial charge in [0.2, 0.25) is 10.0 Å². The molecule has 6 nitrogen and oxygen atoms in total. The Morgan fingerprint density at radius 2 is 2.33 bits per heavy atom. The van der Waals surface area contributed by atoms with E-state index in [1.165, 1.54) is 22.6 Å². The molecule has 2 heterocycles. The van der Waals surface area contributed by atoms with Crippen LogP contribution in [0.2, 0.25) is 0 Å². The van der Waals surface area contributed by atoms with Crippen LogP contribution in [-0.2, 0) is 10.0 Å². The second-order valence-electron chi connectivity index (χ2n) is 4.57. The van der Waals surface area contributed by atoms with Gasteiger partial charge in [-0.3, -0.25) is 0 Å². The summed E-state index contributed by atoms with van der Waals surface area (Å²) in [5.74, 6) is 0.182. The predicted molar refractivity (Wildman–Crippen MR) is 67.2 cm³/mol. The zero-order valence-electron chi connectivity index (χ0n) is 10.2. The molecule has 100 valence electrons. The van der Waals surface area contributed by atoms with Crippen molar-refractivity contribution in [3.63, 3.8) is 0 Å². The normalized spacial score (nSPS) is 23.1. The van der Waals surface area contributed by atoms with Crippen LogP contribution in [0.5, 0.6) is 0 Å². The molecule has 1 aromatic rings. The fourth-order valence-corrected chi connectivity index (χ4v) is 3.64. The Balaban J connectivity index is 2.23. The van der Waals surface area contributed by atoms with Gasteiger partial charge in [0.05, 0.1) is 11.0 Å². The molecule has 0 spiro atoms. The number of sulfonamides is 1. The van der Waals surface area contributed by atoms with Gasteiger partial charge in [0, 0.05) is 25.4 Å². The smallest absolute Gasteiger partial charge is 0.243 e. The minimum atomic E-state index is -3.53. The summed E-state index contributed by atoms with van der Waals surface area (Å²) in [6.45, 7) is 2.47. The van der Waals surface area contributed by atoms with Crippen LogP contribution in [0.3, 0.4) is 0 Å². The zero-order chi connectivity index (χ0) is 13.3. The molecule has 1 aromatic heterocycles. The van der Waals surface area contributed by atoms with E-state index < -0.39 is 16.1 Å². The SMILES string of the molecule is CC(O)C1CCN(S(=O)(=O)c2ccnc(N)c2)C1. The molecule has 2 atom stereocenters. The third-order valence-electron chi connectivity index (χ3n) is 3.26. The predicted octanol–water partition coefficient (Wildman–Crippen LogP) is 0.0552. The van der Waals surface area contributed by atoms with Gasteiger partial charge in [-0.25, -0.2) is 13.4 Å². The highest BCUT2D eigenvalue weighted by Crippen LogP contribution is 2.26. The number of aromatic nitrogens is 1. The van der Waals surface area contributed by atoms with Crippen molar-refractivity contribution < 1.29 is 13.5 Å². The van der Waals surface area contributed by atoms with Gasteiger partial charge >= 0.3 is 0 Å². The van der Waals surface area contributed by atoms with E-state index in [4.69, 9.17) is 5.73 Å². The molecule has 0 aromatic carbocycles. The number of nitrogens with zero attached hydrogens (tertiary/aromatic N) is 2. The highest BCUT2D eigenvalue weighted by Gasteiger charge is 2.34. The molecular formula is C11H17N3O3S. The monoisotopic (exact) mass is 271 g/mol. The third-order valence-corrected chi connectivity index (χ3v) is 5.12. The highest BCUT2D eigenvalue weighted by molar-refractivity contribution is 7.89. The molecule has 2 rings (SSSR count). The van der Waals surface area contributed by atoms with Crippen molar-refractivity contribution >= 4 is 15.8 Å². The number of rotatable bonds is 3. The van der Waals surface area contributed by atoms with Gasteiger partial charge in [-0.2, -0.15) is 4.31 Å². The van der Waals surface area contributed by atoms with Gasteiger partial charge in [0.1, 0.15) is 5.82 Å². The van der Waals surface area contributed by atoms with Crippen LogP contribution in [0.1, 0.15) is 13.3 Å². The summed E-state index contributed by atoms with van der Waals surface area (Å²) in [5.41, 5.74) is 5.50. The fourth-order valence-electron chi connectivity index (χ4n) is 2.10. The first-order valence-corrected chi connectivity index (χ1v) is 7.25. The van der Waals surface area contributed by atoms with Crippen LogP contribution in [0.15, 0.2) is 23.2 Å². The van der Waals surface area contributed by atoms with E-state index in [9.17, 15) is 13.5 Å². The van der Waals surface area contributed by atoms with Crippen molar-refractivity contribution in [2.24, 2.45) is 5.92 Å². The van der Waals surface area contributed by atoms with E-state index in [1.807, 2.05) is 0 Å². The molecule has 1 aliphatic heterocycles. The van der Waals surface area contributed by atoms with Gasteiger partial charge < -0.3 is 10.8 Å². The maximum atomic E-state index is 12.3. The lowest BCUT2D eigenvalue weighted by atomic mass is 10.0. The second-order valence-corrected chi connectivity index (χ2v) is 6.51. The number of aliphatic hydroxyl groups excluding tert-OH is 1. The number of anilines is 1. The van der Waals surface area contributed by atoms with Gasteiger partial charge in [-0.15, -0.1) is 0 Å². The van der Waals surface area contributed by atoms with Crippen molar-refractivity contribution in [2.45, 2.75) is 24.3 Å². The first kappa shape index (κ1) is 13.3. The Labute approximate surface area is 106 Å². The van der Waals surface area contributed by atoms with Crippen molar-refractivity contribution in [2.75, 3.05) is 18.8 Å². The second kappa shape index (κ2) is 4.83. The van der Waals surface area contributed by atoms with Crippen LogP contribution in [0, 0.1) is 5.92 Å². The van der Waals surface area contributed by atoms with E-state index in [0.717, 1.165) is 0 Å². The number of pyridine rings is 1. The third kappa shape index (κ3) is 2.47. The Kier molecular flexibility index (Phi) is 3.56. The fraction of sp³-hybridized carbons (Fsp3) is 0.545. The molecule has 3 N–H and O–H groups in total. The number of hydrogen-bond donors (Lipinski definition) is 2. The van der Waals surface area contributed by atoms with Crippen molar-refractivity contribution in [1.29, 1.82) is 0 Å². The lowest BCUT2D eigenvalue weighted by Crippen LogP contribution is -2.30. The van der Waals surface area contributed by atoms with Gasteiger partial charge in [-0.1, -0.05) is 0 Å². The van der Waals surface area contributed by atoms with E-state index in [1.54, 1.807) is 6.92 Å². The largest absolute Gasteiger partial charge is 0.393 e. The van der Waals surface area contributed by atoms with Crippen LogP contribution < -0.4 is 5.73 Å². The quantitative estimate of drug-likeness (QED) is 0.810. The summed E-state index contributed by atoms with van der Waals surface area (Å²) >= 11 is 0. The average Bonchev–Trinajstić information content (AvgIpc) is 2.79. The maximum Gasteiger partial charge on any atom is 0.243 e. The maximum absolute atomic E-state index is 12.3. The first-order chi connectivity index (χ1) is 8.41. The van der Waals surface area contributed by atoms with E-state index in [2.05, 4.69) is 4.98 Å². The molecule has 1 fully saturated rings. The van der Waals surface area contributed by atoms with Crippen LogP contribution in [0.25, 0.3) is 0 Å². The van der Waals surface area contributed by atoms with E-state index in [0.29, 0.717) is 19.5 Å². The summed E-state index contributed by atoms with van der Waals surface area (Å²) in [6, 6.07) is 2.78. The minimum absolute atomic E-state index is 0.000964. The summed E-state index contributed by atoms with van der Waals surface area (Å²) in [5, 5.41) is 9.50. The Hall–Kier alpha value is -1.18. The van der Waals surface area contributed by atoms with E-state index in [-0.39, 0.29) is 16.6 Å². The molecule has 1 saturated heterocycles. The number of hydrogen-bond acceptors (Lipinski definition) is 5. The molecule has 0 amide bonds. The summed E-state index contributed by atoms with van der Waals surface area (Å²) < 4.78 is 26.0. The first-order valence-electron chi connectivity index (χ1n) is 5.81. The Bertz CT molecular complexity index is 530. The van der Waals surface area contributed by atoms with E-state index >= 15 is 0 Å². The lowest BCUT2D eigenvalue weighted by Gasteiger charge is -2.17. The standard InChI is InChI=1S/C11H17N3O3S/c1-8(15)9-3-5-14(7-9)18(16,17)10-2-4-13-11(12)6-10/h2,4,6,8-9,15H,3,5,7H2,1H3,(H2,12,13). The van der Waals surface area contributed by atoms with Gasteiger partial charge in [0.15, 0.2) is 0 Å². The summed E-state index contributed by atoms with van der Waals surface area (Å²) in [6.07, 6.45) is 1.56. The number of aliphatic hydroxyl groups is 1. The van der Waals surface area contributed by atoms with Crippen LogP contribution in [-0.4, -0.2) is 42.0 Å². The Morgan fingerprint density at radius 3 is 2.89 bits per heavy atom. The molecule has 0 bridgehead atoms. The van der Waals surface area contributed by atoms with Crippen molar-refractivity contribution in [3.05, 3.63) is 18.3 Å². The van der Waals surface area contributed by atoms with Gasteiger partial charge in [-0.05, 0) is 25.3 Å². The molecule has 2 unspecified atom stereocenters. The number of nitrogen functional groups attached to an aromatic ring is 1. The highest BCUT2D eigenvalue weighted by atomic mass is 32.2. The molecule has 1 aliphatic rings. The minimum Gasteiger partial charge on any atom is -0.393 e. The van der Waals surface area contributed by atoms with Crippen molar-refractivity contribution in [3.8, 4) is 0 Å². The number of nitrogens with two attached hydrogens (primary N) is 1. The van der Waals surface area contributed by atoms with Crippen molar-refractivity contribution in [1.82, 2.24) is 9.29 Å². The molecule has 0 saturated carbocycles. The molecule has 0 aliphatic carbocycles. The molecule has 7 heteroatoms. The molecule has 0 radical (unpaired) electrons. The topological polar surface area (TPSA) is 96.5 Å².